The van der Waals surface area contributed by atoms with Gasteiger partial charge in [-0.1, -0.05) is 42.5 Å². The standard InChI is InChI=1S/C25H35N5O2/c1-4-26-25(30-15-13-29(14-16-30)19-21-9-6-5-7-10-21)27-18-22-11-8-12-23(17-22)32-20-24(31)28(2)3/h5-12,17H,4,13-16,18-20H2,1-3H3,(H,26,27). The van der Waals surface area contributed by atoms with Crippen LogP contribution < -0.4 is 10.1 Å². The number of piperazine rings is 1. The third-order valence-electron chi connectivity index (χ3n) is 5.43. The van der Waals surface area contributed by atoms with Gasteiger partial charge >= 0.3 is 0 Å². The average Bonchev–Trinajstić information content (AvgIpc) is 2.81. The van der Waals surface area contributed by atoms with Crippen molar-refractivity contribution < 1.29 is 9.53 Å². The fourth-order valence-electron chi connectivity index (χ4n) is 3.56. The number of likely N-dealkylation sites (N-methyl/N-ethyl adjacent to an activating group) is 1. The normalized spacial score (nSPS) is 14.8. The van der Waals surface area contributed by atoms with Crippen molar-refractivity contribution >= 4 is 11.9 Å². The molecule has 1 aliphatic rings. The molecule has 32 heavy (non-hydrogen) atoms. The largest absolute Gasteiger partial charge is 0.484 e. The Morgan fingerprint density at radius 3 is 2.44 bits per heavy atom. The number of nitrogens with zero attached hydrogens (tertiary/aromatic N) is 4. The predicted octanol–water partition coefficient (Wildman–Crippen LogP) is 2.44. The van der Waals surface area contributed by atoms with E-state index >= 15 is 0 Å². The van der Waals surface area contributed by atoms with Crippen LogP contribution in [0.15, 0.2) is 59.6 Å². The molecule has 0 unspecified atom stereocenters. The number of carbonyl (C=O) groups is 1. The van der Waals surface area contributed by atoms with Crippen LogP contribution in [0.5, 0.6) is 5.75 Å². The molecule has 0 spiro atoms. The zero-order valence-electron chi connectivity index (χ0n) is 19.5. The van der Waals surface area contributed by atoms with Gasteiger partial charge < -0.3 is 19.9 Å². The lowest BCUT2D eigenvalue weighted by Gasteiger charge is -2.36. The number of guanidine groups is 1. The highest BCUT2D eigenvalue weighted by molar-refractivity contribution is 5.80. The minimum Gasteiger partial charge on any atom is -0.484 e. The van der Waals surface area contributed by atoms with E-state index in [1.165, 1.54) is 10.5 Å². The maximum Gasteiger partial charge on any atom is 0.259 e. The van der Waals surface area contributed by atoms with Crippen molar-refractivity contribution in [3.63, 3.8) is 0 Å². The molecule has 2 aromatic carbocycles. The molecule has 7 heteroatoms. The molecule has 0 radical (unpaired) electrons. The van der Waals surface area contributed by atoms with E-state index in [0.717, 1.165) is 50.8 Å². The number of nitrogens with one attached hydrogen (secondary N) is 1. The quantitative estimate of drug-likeness (QED) is 0.508. The number of hydrogen-bond donors (Lipinski definition) is 1. The highest BCUT2D eigenvalue weighted by atomic mass is 16.5. The van der Waals surface area contributed by atoms with Gasteiger partial charge in [-0.05, 0) is 30.2 Å². The molecule has 1 fully saturated rings. The molecule has 1 aliphatic heterocycles. The van der Waals surface area contributed by atoms with Crippen LogP contribution in [-0.2, 0) is 17.9 Å². The predicted molar refractivity (Wildman–Crippen MR) is 129 cm³/mol. The summed E-state index contributed by atoms with van der Waals surface area (Å²) < 4.78 is 5.63. The Morgan fingerprint density at radius 1 is 1.03 bits per heavy atom. The van der Waals surface area contributed by atoms with Crippen LogP contribution >= 0.6 is 0 Å². The second kappa shape index (κ2) is 12.1. The van der Waals surface area contributed by atoms with Gasteiger partial charge in [0.2, 0.25) is 0 Å². The molecule has 2 aromatic rings. The van der Waals surface area contributed by atoms with Crippen LogP contribution in [0.2, 0.25) is 0 Å². The van der Waals surface area contributed by atoms with Gasteiger partial charge in [0.1, 0.15) is 5.75 Å². The van der Waals surface area contributed by atoms with E-state index in [0.29, 0.717) is 12.3 Å². The third kappa shape index (κ3) is 7.27. The second-order valence-electron chi connectivity index (χ2n) is 8.14. The van der Waals surface area contributed by atoms with Crippen LogP contribution in [0.4, 0.5) is 0 Å². The van der Waals surface area contributed by atoms with Crippen LogP contribution in [-0.4, -0.2) is 80.0 Å². The van der Waals surface area contributed by atoms with Crippen LogP contribution in [0, 0.1) is 0 Å². The molecule has 3 rings (SSSR count). The summed E-state index contributed by atoms with van der Waals surface area (Å²) in [6.07, 6.45) is 0. The van der Waals surface area contributed by atoms with Crippen molar-refractivity contribution in [2.45, 2.75) is 20.0 Å². The highest BCUT2D eigenvalue weighted by Crippen LogP contribution is 2.15. The van der Waals surface area contributed by atoms with Crippen LogP contribution in [0.1, 0.15) is 18.1 Å². The summed E-state index contributed by atoms with van der Waals surface area (Å²) in [5.41, 5.74) is 2.41. The number of rotatable bonds is 8. The molecule has 0 saturated carbocycles. The summed E-state index contributed by atoms with van der Waals surface area (Å²) in [6, 6.07) is 18.4. The van der Waals surface area contributed by atoms with E-state index in [-0.39, 0.29) is 12.5 Å². The molecule has 1 saturated heterocycles. The molecule has 172 valence electrons. The summed E-state index contributed by atoms with van der Waals surface area (Å²) in [7, 11) is 3.45. The molecule has 7 nitrogen and oxygen atoms in total. The monoisotopic (exact) mass is 437 g/mol. The maximum atomic E-state index is 11.8. The van der Waals surface area contributed by atoms with E-state index < -0.39 is 0 Å². The van der Waals surface area contributed by atoms with Gasteiger partial charge in [0.25, 0.3) is 5.91 Å². The summed E-state index contributed by atoms with van der Waals surface area (Å²) in [5.74, 6) is 1.57. The van der Waals surface area contributed by atoms with Crippen molar-refractivity contribution in [2.24, 2.45) is 4.99 Å². The molecule has 0 bridgehead atoms. The Bertz CT molecular complexity index is 877. The van der Waals surface area contributed by atoms with Gasteiger partial charge in [0.15, 0.2) is 12.6 Å². The molecule has 1 amide bonds. The highest BCUT2D eigenvalue weighted by Gasteiger charge is 2.19. The van der Waals surface area contributed by atoms with Crippen LogP contribution in [0.25, 0.3) is 0 Å². The number of amides is 1. The van der Waals surface area contributed by atoms with Crippen molar-refractivity contribution in [3.05, 3.63) is 65.7 Å². The van der Waals surface area contributed by atoms with Gasteiger partial charge in [0.05, 0.1) is 6.54 Å². The van der Waals surface area contributed by atoms with Gasteiger partial charge in [-0.3, -0.25) is 9.69 Å². The SMILES string of the molecule is CCNC(=NCc1cccc(OCC(=O)N(C)C)c1)N1CCN(Cc2ccccc2)CC1. The lowest BCUT2D eigenvalue weighted by molar-refractivity contribution is -0.130. The first-order valence-electron chi connectivity index (χ1n) is 11.3. The zero-order chi connectivity index (χ0) is 22.8. The summed E-state index contributed by atoms with van der Waals surface area (Å²) >= 11 is 0. The number of benzene rings is 2. The fraction of sp³-hybridized carbons (Fsp3) is 0.440. The molecule has 1 N–H and O–H groups in total. The van der Waals surface area contributed by atoms with Crippen LogP contribution in [0.3, 0.4) is 0 Å². The Morgan fingerprint density at radius 2 is 1.75 bits per heavy atom. The van der Waals surface area contributed by atoms with E-state index in [4.69, 9.17) is 9.73 Å². The minimum absolute atomic E-state index is 0.0373. The molecule has 0 aromatic heterocycles. The fourth-order valence-corrected chi connectivity index (χ4v) is 3.56. The number of carbonyl (C=O) groups excluding carboxylic acids is 1. The maximum absolute atomic E-state index is 11.8. The van der Waals surface area contributed by atoms with Crippen molar-refractivity contribution in [1.29, 1.82) is 0 Å². The smallest absolute Gasteiger partial charge is 0.259 e. The Balaban J connectivity index is 1.55. The van der Waals surface area contributed by atoms with Gasteiger partial charge in [-0.25, -0.2) is 4.99 Å². The summed E-state index contributed by atoms with van der Waals surface area (Å²) in [6.45, 7) is 8.46. The van der Waals surface area contributed by atoms with Crippen molar-refractivity contribution in [3.8, 4) is 5.75 Å². The first kappa shape index (κ1) is 23.6. The topological polar surface area (TPSA) is 60.4 Å². The molecule has 0 aliphatic carbocycles. The van der Waals surface area contributed by atoms with E-state index in [1.807, 2.05) is 24.3 Å². The summed E-state index contributed by atoms with van der Waals surface area (Å²) in [4.78, 5) is 23.0. The Labute approximate surface area is 191 Å². The third-order valence-corrected chi connectivity index (χ3v) is 5.43. The van der Waals surface area contributed by atoms with E-state index in [2.05, 4.69) is 52.4 Å². The van der Waals surface area contributed by atoms with Gasteiger partial charge in [0, 0.05) is 53.4 Å². The average molecular weight is 438 g/mol. The molecule has 0 atom stereocenters. The molecular formula is C25H35N5O2. The number of aliphatic imine (C=N–C) groups is 1. The number of ether oxygens (including phenoxy) is 1. The van der Waals surface area contributed by atoms with Gasteiger partial charge in [-0.2, -0.15) is 0 Å². The molecular weight excluding hydrogens is 402 g/mol. The zero-order valence-corrected chi connectivity index (χ0v) is 19.5. The minimum atomic E-state index is -0.0609. The number of hydrogen-bond acceptors (Lipinski definition) is 4. The summed E-state index contributed by atoms with van der Waals surface area (Å²) in [5, 5.41) is 3.43. The Hall–Kier alpha value is -3.06. The Kier molecular flexibility index (Phi) is 8.92. The molecule has 1 heterocycles. The van der Waals surface area contributed by atoms with Crippen molar-refractivity contribution in [2.75, 3.05) is 53.4 Å². The first-order valence-corrected chi connectivity index (χ1v) is 11.3. The van der Waals surface area contributed by atoms with Gasteiger partial charge in [-0.15, -0.1) is 0 Å². The second-order valence-corrected chi connectivity index (χ2v) is 8.14. The van der Waals surface area contributed by atoms with E-state index in [9.17, 15) is 4.79 Å². The lowest BCUT2D eigenvalue weighted by Crippen LogP contribution is -2.52. The lowest BCUT2D eigenvalue weighted by atomic mass is 10.2. The first-order chi connectivity index (χ1) is 15.5. The van der Waals surface area contributed by atoms with Crippen molar-refractivity contribution in [1.82, 2.24) is 20.0 Å². The van der Waals surface area contributed by atoms with E-state index in [1.54, 1.807) is 14.1 Å².